The van der Waals surface area contributed by atoms with Crippen molar-refractivity contribution in [1.82, 2.24) is 9.78 Å². The molecule has 2 heterocycles. The van der Waals surface area contributed by atoms with Gasteiger partial charge >= 0.3 is 11.7 Å². The van der Waals surface area contributed by atoms with Gasteiger partial charge in [0, 0.05) is 11.8 Å². The first kappa shape index (κ1) is 20.6. The summed E-state index contributed by atoms with van der Waals surface area (Å²) in [5.41, 5.74) is -0.589. The zero-order valence-electron chi connectivity index (χ0n) is 15.0. The van der Waals surface area contributed by atoms with E-state index < -0.39 is 28.1 Å². The molecule has 0 bridgehead atoms. The molecule has 3 aromatic rings. The van der Waals surface area contributed by atoms with E-state index in [1.165, 1.54) is 30.5 Å². The molecular weight excluding hydrogens is 413 g/mol. The Morgan fingerprint density at radius 3 is 2.41 bits per heavy atom. The zero-order valence-corrected chi connectivity index (χ0v) is 15.8. The number of hydrogen-bond donors (Lipinski definition) is 0. The van der Waals surface area contributed by atoms with Crippen LogP contribution in [0.2, 0.25) is 0 Å². The summed E-state index contributed by atoms with van der Waals surface area (Å²) < 4.78 is 72.2. The van der Waals surface area contributed by atoms with E-state index in [4.69, 9.17) is 9.15 Å². The lowest BCUT2D eigenvalue weighted by molar-refractivity contribution is -0.143. The molecule has 0 radical (unpaired) electrons. The summed E-state index contributed by atoms with van der Waals surface area (Å²) in [5.74, 6) is 0.00899. The van der Waals surface area contributed by atoms with Gasteiger partial charge in [-0.25, -0.2) is 13.1 Å². The van der Waals surface area contributed by atoms with E-state index in [2.05, 4.69) is 5.10 Å². The van der Waals surface area contributed by atoms with Gasteiger partial charge in [0.1, 0.15) is 18.9 Å². The van der Waals surface area contributed by atoms with Crippen LogP contribution in [-0.2, 0) is 23.0 Å². The number of halogens is 3. The predicted octanol–water partition coefficient (Wildman–Crippen LogP) is 3.05. The van der Waals surface area contributed by atoms with Gasteiger partial charge < -0.3 is 9.15 Å². The van der Waals surface area contributed by atoms with E-state index in [1.807, 2.05) is 0 Å². The molecule has 29 heavy (non-hydrogen) atoms. The lowest BCUT2D eigenvalue weighted by atomic mass is 10.1. The van der Waals surface area contributed by atoms with Crippen molar-refractivity contribution in [1.29, 1.82) is 0 Å². The summed E-state index contributed by atoms with van der Waals surface area (Å²) in [4.78, 5) is 12.6. The molecule has 0 N–H and O–H groups in total. The fourth-order valence-corrected chi connectivity index (χ4v) is 3.15. The maximum Gasteiger partial charge on any atom is 0.408 e. The fraction of sp³-hybridized carbons (Fsp3) is 0.222. The normalized spacial score (nSPS) is 12.1. The molecule has 0 unspecified atom stereocenters. The topological polar surface area (TPSA) is 91.4 Å². The van der Waals surface area contributed by atoms with Crippen LogP contribution in [0.15, 0.2) is 63.0 Å². The summed E-state index contributed by atoms with van der Waals surface area (Å²) in [5, 5.41) is 3.58. The third-order valence-corrected chi connectivity index (χ3v) is 4.99. The first-order chi connectivity index (χ1) is 13.5. The van der Waals surface area contributed by atoms with Gasteiger partial charge in [-0.1, -0.05) is 12.1 Å². The Balaban J connectivity index is 2.05. The third kappa shape index (κ3) is 5.05. The van der Waals surface area contributed by atoms with Crippen molar-refractivity contribution >= 4 is 9.84 Å². The van der Waals surface area contributed by atoms with Crippen molar-refractivity contribution in [2.75, 3.05) is 6.26 Å². The smallest absolute Gasteiger partial charge is 0.408 e. The molecule has 154 valence electrons. The fourth-order valence-electron chi connectivity index (χ4n) is 2.52. The van der Waals surface area contributed by atoms with Gasteiger partial charge in [-0.3, -0.25) is 4.79 Å². The minimum absolute atomic E-state index is 0.0534. The molecule has 0 spiro atoms. The van der Waals surface area contributed by atoms with Crippen LogP contribution in [0.3, 0.4) is 0 Å². The van der Waals surface area contributed by atoms with E-state index in [9.17, 15) is 26.4 Å². The highest BCUT2D eigenvalue weighted by Crippen LogP contribution is 2.28. The Kier molecular flexibility index (Phi) is 5.51. The molecule has 0 saturated heterocycles. The van der Waals surface area contributed by atoms with E-state index in [1.54, 1.807) is 12.1 Å². The van der Waals surface area contributed by atoms with Gasteiger partial charge in [0.15, 0.2) is 15.6 Å². The first-order valence-electron chi connectivity index (χ1n) is 8.17. The number of furan rings is 1. The summed E-state index contributed by atoms with van der Waals surface area (Å²) in [6.07, 6.45) is -1.15. The largest absolute Gasteiger partial charge is 0.479 e. The number of nitrogens with zero attached hydrogens (tertiary/aromatic N) is 2. The molecule has 0 saturated carbocycles. The number of rotatable bonds is 6. The quantitative estimate of drug-likeness (QED) is 0.599. The number of aromatic nitrogens is 2. The van der Waals surface area contributed by atoms with E-state index in [0.29, 0.717) is 11.3 Å². The van der Waals surface area contributed by atoms with Crippen LogP contribution < -0.4 is 10.3 Å². The van der Waals surface area contributed by atoms with Crippen molar-refractivity contribution in [3.05, 3.63) is 65.0 Å². The molecule has 0 aliphatic rings. The van der Waals surface area contributed by atoms with E-state index in [0.717, 1.165) is 12.5 Å². The standard InChI is InChI=1S/C18H15F3N2O5S/c1-29(25,26)14-6-4-12(5-7-14)15-9-22-23(11-18(19,20)21)17(24)16(15)28-10-13-3-2-8-27-13/h2-9H,10-11H2,1H3. The molecule has 2 aromatic heterocycles. The highest BCUT2D eigenvalue weighted by Gasteiger charge is 2.30. The molecule has 0 aliphatic carbocycles. The number of ether oxygens (including phenoxy) is 1. The molecule has 0 fully saturated rings. The SMILES string of the molecule is CS(=O)(=O)c1ccc(-c2cnn(CC(F)(F)F)c(=O)c2OCc2ccco2)cc1. The second-order valence-corrected chi connectivity index (χ2v) is 8.15. The monoisotopic (exact) mass is 428 g/mol. The van der Waals surface area contributed by atoms with Crippen LogP contribution in [0, 0.1) is 0 Å². The van der Waals surface area contributed by atoms with Gasteiger partial charge in [0.2, 0.25) is 0 Å². The molecule has 11 heteroatoms. The van der Waals surface area contributed by atoms with Crippen LogP contribution >= 0.6 is 0 Å². The summed E-state index contributed by atoms with van der Waals surface area (Å²) >= 11 is 0. The molecule has 7 nitrogen and oxygen atoms in total. The maximum atomic E-state index is 12.7. The summed E-state index contributed by atoms with van der Waals surface area (Å²) in [6.45, 7) is -1.76. The molecule has 0 atom stereocenters. The van der Waals surface area contributed by atoms with Crippen molar-refractivity contribution in [3.63, 3.8) is 0 Å². The van der Waals surface area contributed by atoms with Crippen molar-refractivity contribution in [2.24, 2.45) is 0 Å². The zero-order chi connectivity index (χ0) is 21.2. The van der Waals surface area contributed by atoms with Gasteiger partial charge in [-0.2, -0.15) is 18.3 Å². The predicted molar refractivity (Wildman–Crippen MR) is 96.1 cm³/mol. The van der Waals surface area contributed by atoms with E-state index >= 15 is 0 Å². The summed E-state index contributed by atoms with van der Waals surface area (Å²) in [6, 6.07) is 8.65. The Bertz CT molecular complexity index is 1150. The van der Waals surface area contributed by atoms with Crippen LogP contribution in [0.4, 0.5) is 13.2 Å². The van der Waals surface area contributed by atoms with Crippen LogP contribution in [0.1, 0.15) is 5.76 Å². The van der Waals surface area contributed by atoms with Gasteiger partial charge in [-0.15, -0.1) is 0 Å². The van der Waals surface area contributed by atoms with Crippen molar-refractivity contribution in [3.8, 4) is 16.9 Å². The molecule has 0 aliphatic heterocycles. The highest BCUT2D eigenvalue weighted by atomic mass is 32.2. The average Bonchev–Trinajstić information content (AvgIpc) is 3.14. The highest BCUT2D eigenvalue weighted by molar-refractivity contribution is 7.90. The number of alkyl halides is 3. The Morgan fingerprint density at radius 1 is 1.17 bits per heavy atom. The molecule has 3 rings (SSSR count). The minimum Gasteiger partial charge on any atom is -0.479 e. The number of sulfone groups is 1. The number of hydrogen-bond acceptors (Lipinski definition) is 6. The first-order valence-corrected chi connectivity index (χ1v) is 10.1. The second-order valence-electron chi connectivity index (χ2n) is 6.13. The molecular formula is C18H15F3N2O5S. The molecule has 1 aromatic carbocycles. The van der Waals surface area contributed by atoms with Gasteiger partial charge in [0.05, 0.1) is 17.4 Å². The van der Waals surface area contributed by atoms with Gasteiger partial charge in [0.25, 0.3) is 0 Å². The van der Waals surface area contributed by atoms with Crippen molar-refractivity contribution < 1.29 is 30.7 Å². The average molecular weight is 428 g/mol. The maximum absolute atomic E-state index is 12.7. The Labute approximate surface area is 163 Å². The van der Waals surface area contributed by atoms with E-state index in [-0.39, 0.29) is 27.5 Å². The van der Waals surface area contributed by atoms with Crippen LogP contribution in [0.5, 0.6) is 5.75 Å². The van der Waals surface area contributed by atoms with Crippen LogP contribution in [0.25, 0.3) is 11.1 Å². The Morgan fingerprint density at radius 2 is 1.86 bits per heavy atom. The Hall–Kier alpha value is -3.08. The lowest BCUT2D eigenvalue weighted by Crippen LogP contribution is -2.31. The third-order valence-electron chi connectivity index (χ3n) is 3.86. The lowest BCUT2D eigenvalue weighted by Gasteiger charge is -2.14. The molecule has 0 amide bonds. The minimum atomic E-state index is -4.65. The van der Waals surface area contributed by atoms with Crippen molar-refractivity contribution in [2.45, 2.75) is 24.2 Å². The summed E-state index contributed by atoms with van der Waals surface area (Å²) in [7, 11) is -3.44. The van der Waals surface area contributed by atoms with Crippen LogP contribution in [-0.4, -0.2) is 30.6 Å². The second kappa shape index (κ2) is 7.74. The van der Waals surface area contributed by atoms with Gasteiger partial charge in [-0.05, 0) is 29.8 Å². The number of benzene rings is 1.